The topological polar surface area (TPSA) is 56.1 Å². The largest absolute Gasteiger partial charge is 0.417 e. The molecule has 0 bridgehead atoms. The number of hydrogen-bond donors (Lipinski definition) is 1. The number of nitrogens with one attached hydrogen (secondary N) is 1. The minimum absolute atomic E-state index is 0.0233. The molecule has 21 heavy (non-hydrogen) atoms. The normalized spacial score (nSPS) is 11.3. The molecule has 1 N–H and O–H groups in total. The first-order valence-corrected chi connectivity index (χ1v) is 6.28. The van der Waals surface area contributed by atoms with Crippen molar-refractivity contribution in [3.63, 3.8) is 0 Å². The van der Waals surface area contributed by atoms with E-state index >= 15 is 0 Å². The third-order valence-corrected chi connectivity index (χ3v) is 2.85. The summed E-state index contributed by atoms with van der Waals surface area (Å²) in [5, 5.41) is 11.6. The van der Waals surface area contributed by atoms with Crippen LogP contribution in [0.3, 0.4) is 0 Å². The van der Waals surface area contributed by atoms with Gasteiger partial charge in [0, 0.05) is 18.8 Å². The Balaban J connectivity index is 3.04. The molecule has 1 rings (SSSR count). The predicted molar refractivity (Wildman–Crippen MR) is 72.7 cm³/mol. The number of hydrogen-bond acceptors (Lipinski definition) is 3. The Morgan fingerprint density at radius 3 is 2.52 bits per heavy atom. The maximum Gasteiger partial charge on any atom is 0.417 e. The van der Waals surface area contributed by atoms with Crippen molar-refractivity contribution < 1.29 is 18.0 Å². The molecule has 4 nitrogen and oxygen atoms in total. The van der Waals surface area contributed by atoms with Crippen LogP contribution in [0.5, 0.6) is 0 Å². The third-order valence-electron chi connectivity index (χ3n) is 2.85. The predicted octanol–water partition coefficient (Wildman–Crippen LogP) is 2.54. The van der Waals surface area contributed by atoms with Crippen LogP contribution in [0.15, 0.2) is 18.2 Å². The molecule has 7 heteroatoms. The van der Waals surface area contributed by atoms with Gasteiger partial charge in [-0.15, -0.1) is 0 Å². The average Bonchev–Trinajstić information content (AvgIpc) is 2.42. The molecular formula is C14H16F3N3O. The number of nitriles is 1. The van der Waals surface area contributed by atoms with E-state index in [9.17, 15) is 18.0 Å². The second kappa shape index (κ2) is 6.59. The summed E-state index contributed by atoms with van der Waals surface area (Å²) in [6, 6.07) is 4.79. The Morgan fingerprint density at radius 1 is 1.43 bits per heavy atom. The fraction of sp³-hybridized carbons (Fsp3) is 0.429. The maximum atomic E-state index is 12.9. The van der Waals surface area contributed by atoms with Gasteiger partial charge < -0.3 is 10.2 Å². The van der Waals surface area contributed by atoms with Crippen LogP contribution >= 0.6 is 0 Å². The first kappa shape index (κ1) is 17.0. The summed E-state index contributed by atoms with van der Waals surface area (Å²) in [7, 11) is 1.39. The average molecular weight is 299 g/mol. The molecule has 0 saturated carbocycles. The van der Waals surface area contributed by atoms with Crippen LogP contribution in [0, 0.1) is 11.3 Å². The Kier molecular flexibility index (Phi) is 5.33. The van der Waals surface area contributed by atoms with E-state index in [1.807, 2.05) is 13.8 Å². The van der Waals surface area contributed by atoms with Gasteiger partial charge in [-0.1, -0.05) is 13.8 Å². The Labute approximate surface area is 121 Å². The van der Waals surface area contributed by atoms with Gasteiger partial charge in [0.05, 0.1) is 23.7 Å². The van der Waals surface area contributed by atoms with E-state index in [1.54, 1.807) is 0 Å². The van der Waals surface area contributed by atoms with E-state index in [2.05, 4.69) is 5.32 Å². The smallest absolute Gasteiger partial charge is 0.314 e. The van der Waals surface area contributed by atoms with E-state index in [1.165, 1.54) is 19.2 Å². The van der Waals surface area contributed by atoms with Gasteiger partial charge in [-0.25, -0.2) is 0 Å². The van der Waals surface area contributed by atoms with Crippen molar-refractivity contribution in [2.75, 3.05) is 18.5 Å². The summed E-state index contributed by atoms with van der Waals surface area (Å²) in [6.45, 7) is 3.74. The van der Waals surface area contributed by atoms with Crippen molar-refractivity contribution in [1.29, 1.82) is 5.26 Å². The maximum absolute atomic E-state index is 12.9. The van der Waals surface area contributed by atoms with E-state index < -0.39 is 17.3 Å². The minimum atomic E-state index is -4.64. The highest BCUT2D eigenvalue weighted by molar-refractivity contribution is 5.94. The minimum Gasteiger partial charge on any atom is -0.314 e. The van der Waals surface area contributed by atoms with Crippen LogP contribution in [0.25, 0.3) is 0 Å². The van der Waals surface area contributed by atoms with Gasteiger partial charge in [-0.3, -0.25) is 4.79 Å². The number of rotatable bonds is 4. The van der Waals surface area contributed by atoms with Crippen molar-refractivity contribution in [3.8, 4) is 6.07 Å². The molecule has 114 valence electrons. The molecule has 0 spiro atoms. The second-order valence-electron chi connectivity index (χ2n) is 4.83. The fourth-order valence-electron chi connectivity index (χ4n) is 1.63. The number of alkyl halides is 3. The molecule has 0 aliphatic rings. The molecule has 0 aliphatic carbocycles. The first-order chi connectivity index (χ1) is 9.66. The monoisotopic (exact) mass is 299 g/mol. The highest BCUT2D eigenvalue weighted by Crippen LogP contribution is 2.34. The first-order valence-electron chi connectivity index (χ1n) is 6.28. The van der Waals surface area contributed by atoms with Gasteiger partial charge in [0.2, 0.25) is 5.91 Å². The molecule has 1 amide bonds. The van der Waals surface area contributed by atoms with Crippen molar-refractivity contribution >= 4 is 11.6 Å². The van der Waals surface area contributed by atoms with E-state index in [4.69, 9.17) is 5.26 Å². The number of carbonyl (C=O) groups is 1. The number of likely N-dealkylation sites (N-methyl/N-ethyl adjacent to an activating group) is 1. The van der Waals surface area contributed by atoms with Crippen LogP contribution in [0.1, 0.15) is 25.0 Å². The quantitative estimate of drug-likeness (QED) is 0.929. The van der Waals surface area contributed by atoms with Crippen LogP contribution in [0.2, 0.25) is 0 Å². The molecule has 0 aliphatic heterocycles. The summed E-state index contributed by atoms with van der Waals surface area (Å²) in [5.74, 6) is -0.360. The summed E-state index contributed by atoms with van der Waals surface area (Å²) >= 11 is 0. The zero-order valence-electron chi connectivity index (χ0n) is 12.0. The Morgan fingerprint density at radius 2 is 2.05 bits per heavy atom. The zero-order valence-corrected chi connectivity index (χ0v) is 12.0. The Bertz CT molecular complexity index is 562. The summed E-state index contributed by atoms with van der Waals surface area (Å²) < 4.78 is 38.6. The number of benzene rings is 1. The van der Waals surface area contributed by atoms with Crippen LogP contribution in [-0.4, -0.2) is 25.5 Å². The SMILES string of the molecule is CC(C)NCC(=O)N(C)c1ccc(C#N)c(C(F)(F)F)c1. The van der Waals surface area contributed by atoms with Gasteiger partial charge in [0.1, 0.15) is 0 Å². The van der Waals surface area contributed by atoms with Crippen LogP contribution in [0.4, 0.5) is 18.9 Å². The number of nitrogens with zero attached hydrogens (tertiary/aromatic N) is 2. The van der Waals surface area contributed by atoms with Crippen LogP contribution in [-0.2, 0) is 11.0 Å². The third kappa shape index (κ3) is 4.46. The highest BCUT2D eigenvalue weighted by Gasteiger charge is 2.34. The molecule has 1 aromatic rings. The summed E-state index contributed by atoms with van der Waals surface area (Å²) in [6.07, 6.45) is -4.64. The lowest BCUT2D eigenvalue weighted by molar-refractivity contribution is -0.137. The highest BCUT2D eigenvalue weighted by atomic mass is 19.4. The standard InChI is InChI=1S/C14H16F3N3O/c1-9(2)19-8-13(21)20(3)11-5-4-10(7-18)12(6-11)14(15,16)17/h4-6,9,19H,8H2,1-3H3. The summed E-state index contributed by atoms with van der Waals surface area (Å²) in [4.78, 5) is 13.0. The van der Waals surface area contributed by atoms with Gasteiger partial charge >= 0.3 is 6.18 Å². The Hall–Kier alpha value is -2.07. The number of halogens is 3. The van der Waals surface area contributed by atoms with Crippen molar-refractivity contribution in [1.82, 2.24) is 5.32 Å². The molecule has 0 unspecified atom stereocenters. The van der Waals surface area contributed by atoms with Crippen molar-refractivity contribution in [3.05, 3.63) is 29.3 Å². The van der Waals surface area contributed by atoms with E-state index in [0.717, 1.165) is 17.0 Å². The molecular weight excluding hydrogens is 283 g/mol. The molecule has 0 heterocycles. The van der Waals surface area contributed by atoms with Gasteiger partial charge in [-0.2, -0.15) is 18.4 Å². The van der Waals surface area contributed by atoms with Crippen molar-refractivity contribution in [2.45, 2.75) is 26.1 Å². The van der Waals surface area contributed by atoms with Crippen LogP contribution < -0.4 is 10.2 Å². The van der Waals surface area contributed by atoms with Gasteiger partial charge in [-0.05, 0) is 18.2 Å². The lowest BCUT2D eigenvalue weighted by Gasteiger charge is -2.20. The van der Waals surface area contributed by atoms with Crippen molar-refractivity contribution in [2.24, 2.45) is 0 Å². The molecule has 0 saturated heterocycles. The lowest BCUT2D eigenvalue weighted by Crippen LogP contribution is -2.38. The van der Waals surface area contributed by atoms with E-state index in [-0.39, 0.29) is 24.2 Å². The van der Waals surface area contributed by atoms with Gasteiger partial charge in [0.25, 0.3) is 0 Å². The second-order valence-corrected chi connectivity index (χ2v) is 4.83. The molecule has 0 atom stereocenters. The molecule has 0 radical (unpaired) electrons. The summed E-state index contributed by atoms with van der Waals surface area (Å²) in [5.41, 5.74) is -1.41. The molecule has 1 aromatic carbocycles. The number of anilines is 1. The zero-order chi connectivity index (χ0) is 16.2. The number of amides is 1. The fourth-order valence-corrected chi connectivity index (χ4v) is 1.63. The molecule has 0 aromatic heterocycles. The number of carbonyl (C=O) groups excluding carboxylic acids is 1. The molecule has 0 fully saturated rings. The van der Waals surface area contributed by atoms with Gasteiger partial charge in [0.15, 0.2) is 0 Å². The van der Waals surface area contributed by atoms with E-state index in [0.29, 0.717) is 0 Å². The lowest BCUT2D eigenvalue weighted by atomic mass is 10.1.